The molecule has 3 heteroatoms. The molecule has 0 heterocycles. The highest BCUT2D eigenvalue weighted by Gasteiger charge is 2.27. The first-order valence-electron chi connectivity index (χ1n) is 8.24. The van der Waals surface area contributed by atoms with Crippen molar-refractivity contribution >= 4 is 0 Å². The van der Waals surface area contributed by atoms with Crippen molar-refractivity contribution in [3.63, 3.8) is 0 Å². The van der Waals surface area contributed by atoms with Gasteiger partial charge in [0.1, 0.15) is 0 Å². The van der Waals surface area contributed by atoms with Gasteiger partial charge in [-0.3, -0.25) is 0 Å². The van der Waals surface area contributed by atoms with Gasteiger partial charge in [-0.1, -0.05) is 40.5 Å². The maximum absolute atomic E-state index is 6.22. The lowest BCUT2D eigenvalue weighted by Gasteiger charge is -2.33. The fourth-order valence-corrected chi connectivity index (χ4v) is 2.80. The van der Waals surface area contributed by atoms with Crippen molar-refractivity contribution in [2.45, 2.75) is 71.8 Å². The number of nitrogens with two attached hydrogens (primary N) is 1. The highest BCUT2D eigenvalue weighted by molar-refractivity contribution is 4.81. The molecule has 116 valence electrons. The fourth-order valence-electron chi connectivity index (χ4n) is 2.80. The minimum Gasteiger partial charge on any atom is -0.372 e. The van der Waals surface area contributed by atoms with Gasteiger partial charge in [0, 0.05) is 13.1 Å². The van der Waals surface area contributed by atoms with Gasteiger partial charge in [0.15, 0.2) is 0 Å². The molecule has 0 unspecified atom stereocenters. The highest BCUT2D eigenvalue weighted by atomic mass is 16.5. The lowest BCUT2D eigenvalue weighted by molar-refractivity contribution is -0.0582. The normalized spacial score (nSPS) is 12.3. The second-order valence-corrected chi connectivity index (χ2v) is 5.58. The number of ether oxygens (including phenoxy) is 1. The molecule has 3 nitrogen and oxygen atoms in total. The van der Waals surface area contributed by atoms with Crippen LogP contribution in [0, 0.1) is 0 Å². The molecule has 0 bridgehead atoms. The summed E-state index contributed by atoms with van der Waals surface area (Å²) in [6, 6.07) is 0. The first kappa shape index (κ1) is 18.9. The number of rotatable bonds is 13. The van der Waals surface area contributed by atoms with Crippen molar-refractivity contribution in [2.75, 3.05) is 32.8 Å². The van der Waals surface area contributed by atoms with E-state index in [1.54, 1.807) is 0 Å². The molecule has 0 radical (unpaired) electrons. The van der Waals surface area contributed by atoms with E-state index in [-0.39, 0.29) is 5.60 Å². The Morgan fingerprint density at radius 1 is 0.842 bits per heavy atom. The predicted octanol–water partition coefficient (Wildman–Crippen LogP) is 3.42. The molecule has 0 atom stereocenters. The maximum Gasteiger partial charge on any atom is 0.0804 e. The average molecular weight is 272 g/mol. The molecular weight excluding hydrogens is 236 g/mol. The summed E-state index contributed by atoms with van der Waals surface area (Å²) in [6.45, 7) is 13.8. The van der Waals surface area contributed by atoms with E-state index in [4.69, 9.17) is 10.5 Å². The number of nitrogens with zero attached hydrogens (tertiary/aromatic N) is 1. The third-order valence-corrected chi connectivity index (χ3v) is 3.68. The van der Waals surface area contributed by atoms with Gasteiger partial charge < -0.3 is 15.4 Å². The van der Waals surface area contributed by atoms with Crippen molar-refractivity contribution in [3.8, 4) is 0 Å². The molecular formula is C16H36N2O. The summed E-state index contributed by atoms with van der Waals surface area (Å²) in [6.07, 6.45) is 6.88. The van der Waals surface area contributed by atoms with Gasteiger partial charge in [-0.05, 0) is 38.8 Å². The summed E-state index contributed by atoms with van der Waals surface area (Å²) >= 11 is 0. The predicted molar refractivity (Wildman–Crippen MR) is 84.6 cm³/mol. The summed E-state index contributed by atoms with van der Waals surface area (Å²) < 4.78 is 6.22. The van der Waals surface area contributed by atoms with Crippen LogP contribution in [0.25, 0.3) is 0 Å². The molecule has 0 spiro atoms. The molecule has 0 aliphatic carbocycles. The zero-order chi connectivity index (χ0) is 14.6. The fraction of sp³-hybridized carbons (Fsp3) is 1.00. The molecule has 19 heavy (non-hydrogen) atoms. The van der Waals surface area contributed by atoms with Crippen LogP contribution in [0.3, 0.4) is 0 Å². The SMILES string of the molecule is CCCN(CCC)CCOC(CN)(CCC)CCC. The first-order valence-corrected chi connectivity index (χ1v) is 8.24. The highest BCUT2D eigenvalue weighted by Crippen LogP contribution is 2.23. The molecule has 2 N–H and O–H groups in total. The first-order chi connectivity index (χ1) is 9.17. The summed E-state index contributed by atoms with van der Waals surface area (Å²) in [5, 5.41) is 0. The van der Waals surface area contributed by atoms with Gasteiger partial charge in [0.05, 0.1) is 12.2 Å². The molecule has 0 amide bonds. The summed E-state index contributed by atoms with van der Waals surface area (Å²) in [4.78, 5) is 2.50. The van der Waals surface area contributed by atoms with Crippen LogP contribution in [-0.4, -0.2) is 43.3 Å². The standard InChI is InChI=1S/C16H36N2O/c1-5-9-16(15-17,10-6-2)19-14-13-18(11-7-3)12-8-4/h5-15,17H2,1-4H3. The van der Waals surface area contributed by atoms with E-state index >= 15 is 0 Å². The van der Waals surface area contributed by atoms with E-state index in [0.29, 0.717) is 6.54 Å². The second-order valence-electron chi connectivity index (χ2n) is 5.58. The van der Waals surface area contributed by atoms with Crippen molar-refractivity contribution in [1.82, 2.24) is 4.90 Å². The van der Waals surface area contributed by atoms with E-state index < -0.39 is 0 Å². The topological polar surface area (TPSA) is 38.5 Å². The van der Waals surface area contributed by atoms with Crippen molar-refractivity contribution in [3.05, 3.63) is 0 Å². The second kappa shape index (κ2) is 11.7. The lowest BCUT2D eigenvalue weighted by Crippen LogP contribution is -2.42. The largest absolute Gasteiger partial charge is 0.372 e. The Balaban J connectivity index is 4.21. The Morgan fingerprint density at radius 2 is 1.37 bits per heavy atom. The van der Waals surface area contributed by atoms with Crippen LogP contribution in [0.5, 0.6) is 0 Å². The minimum absolute atomic E-state index is 0.0758. The van der Waals surface area contributed by atoms with Crippen LogP contribution < -0.4 is 5.73 Å². The number of hydrogen-bond donors (Lipinski definition) is 1. The van der Waals surface area contributed by atoms with Gasteiger partial charge in [-0.2, -0.15) is 0 Å². The van der Waals surface area contributed by atoms with Crippen LogP contribution in [-0.2, 0) is 4.74 Å². The average Bonchev–Trinajstić information content (AvgIpc) is 2.39. The van der Waals surface area contributed by atoms with E-state index in [9.17, 15) is 0 Å². The number of hydrogen-bond acceptors (Lipinski definition) is 3. The lowest BCUT2D eigenvalue weighted by atomic mass is 9.92. The maximum atomic E-state index is 6.22. The van der Waals surface area contributed by atoms with Crippen molar-refractivity contribution in [2.24, 2.45) is 5.73 Å². The van der Waals surface area contributed by atoms with Crippen molar-refractivity contribution in [1.29, 1.82) is 0 Å². The molecule has 0 aliphatic rings. The summed E-state index contributed by atoms with van der Waals surface area (Å²) in [5.74, 6) is 0. The van der Waals surface area contributed by atoms with Gasteiger partial charge >= 0.3 is 0 Å². The van der Waals surface area contributed by atoms with Gasteiger partial charge in [0.25, 0.3) is 0 Å². The molecule has 0 aliphatic heterocycles. The van der Waals surface area contributed by atoms with E-state index in [1.807, 2.05) is 0 Å². The molecule has 0 aromatic carbocycles. The van der Waals surface area contributed by atoms with Crippen LogP contribution in [0.4, 0.5) is 0 Å². The Labute approximate surface area is 120 Å². The van der Waals surface area contributed by atoms with Crippen LogP contribution in [0.2, 0.25) is 0 Å². The third-order valence-electron chi connectivity index (χ3n) is 3.68. The van der Waals surface area contributed by atoms with Gasteiger partial charge in [0.2, 0.25) is 0 Å². The van der Waals surface area contributed by atoms with Crippen LogP contribution in [0.15, 0.2) is 0 Å². The summed E-state index contributed by atoms with van der Waals surface area (Å²) in [5.41, 5.74) is 5.90. The minimum atomic E-state index is -0.0758. The quantitative estimate of drug-likeness (QED) is 0.558. The summed E-state index contributed by atoms with van der Waals surface area (Å²) in [7, 11) is 0. The van der Waals surface area contributed by atoms with E-state index in [0.717, 1.165) is 38.8 Å². The Kier molecular flexibility index (Phi) is 11.6. The van der Waals surface area contributed by atoms with Crippen molar-refractivity contribution < 1.29 is 4.74 Å². The van der Waals surface area contributed by atoms with Gasteiger partial charge in [-0.15, -0.1) is 0 Å². The Hall–Kier alpha value is -0.120. The van der Waals surface area contributed by atoms with Crippen LogP contribution >= 0.6 is 0 Å². The molecule has 0 fully saturated rings. The van der Waals surface area contributed by atoms with E-state index in [1.165, 1.54) is 25.9 Å². The zero-order valence-corrected chi connectivity index (χ0v) is 13.7. The Morgan fingerprint density at radius 3 is 1.74 bits per heavy atom. The molecule has 0 saturated carbocycles. The molecule has 0 saturated heterocycles. The van der Waals surface area contributed by atoms with E-state index in [2.05, 4.69) is 32.6 Å². The third kappa shape index (κ3) is 7.91. The monoisotopic (exact) mass is 272 g/mol. The zero-order valence-electron chi connectivity index (χ0n) is 13.7. The molecule has 0 aromatic rings. The smallest absolute Gasteiger partial charge is 0.0804 e. The Bertz CT molecular complexity index is 185. The molecule has 0 aromatic heterocycles. The molecule has 0 rings (SSSR count). The van der Waals surface area contributed by atoms with Gasteiger partial charge in [-0.25, -0.2) is 0 Å². The van der Waals surface area contributed by atoms with Crippen LogP contribution in [0.1, 0.15) is 66.2 Å².